The molecule has 0 rings (SSSR count). The van der Waals surface area contributed by atoms with Crippen molar-refractivity contribution in [3.8, 4) is 0 Å². The third-order valence-corrected chi connectivity index (χ3v) is 0. The smallest absolute Gasteiger partial charge is 0.316 e. The second-order valence-corrected chi connectivity index (χ2v) is 1.54. The van der Waals surface area contributed by atoms with E-state index in [9.17, 15) is 0 Å². The summed E-state index contributed by atoms with van der Waals surface area (Å²) in [4.78, 5) is 21.6. The third-order valence-electron chi connectivity index (χ3n) is 0. The van der Waals surface area contributed by atoms with E-state index < -0.39 is 7.82 Å². The Morgan fingerprint density at radius 3 is 1.14 bits per heavy atom. The first kappa shape index (κ1) is 15.9. The van der Waals surface area contributed by atoms with Crippen molar-refractivity contribution in [1.82, 2.24) is 0 Å². The zero-order chi connectivity index (χ0) is 4.50. The molecule has 0 saturated heterocycles. The van der Waals surface area contributed by atoms with Crippen LogP contribution in [0.4, 0.5) is 0 Å². The van der Waals surface area contributed by atoms with Gasteiger partial charge in [0.25, 0.3) is 0 Å². The van der Waals surface area contributed by atoms with Crippen molar-refractivity contribution in [3.63, 3.8) is 0 Å². The maximum absolute atomic E-state index is 8.88. The summed E-state index contributed by atoms with van der Waals surface area (Å²) in [5, 5.41) is 0. The SMILES string of the molecule is O=P(O)(O)O.[InH3].[MgH2]. The Labute approximate surface area is 75.5 Å². The van der Waals surface area contributed by atoms with E-state index in [0.29, 0.717) is 0 Å². The van der Waals surface area contributed by atoms with Gasteiger partial charge in [-0.2, -0.15) is 0 Å². The van der Waals surface area contributed by atoms with E-state index >= 15 is 0 Å². The Bertz CT molecular complexity index is 57.8. The minimum Gasteiger partial charge on any atom is 0.316 e. The van der Waals surface area contributed by atoms with Gasteiger partial charge in [-0.25, -0.2) is 4.57 Å². The van der Waals surface area contributed by atoms with Crippen molar-refractivity contribution >= 4 is 56.7 Å². The zero-order valence-corrected chi connectivity index (χ0v) is 3.09. The number of rotatable bonds is 0. The quantitative estimate of drug-likeness (QED) is 0.312. The van der Waals surface area contributed by atoms with Crippen LogP contribution >= 0.6 is 7.82 Å². The van der Waals surface area contributed by atoms with Gasteiger partial charge < -0.3 is 14.7 Å². The van der Waals surface area contributed by atoms with Gasteiger partial charge in [-0.3, -0.25) is 0 Å². The molecule has 0 aromatic heterocycles. The molecule has 0 aromatic rings. The van der Waals surface area contributed by atoms with E-state index in [1.54, 1.807) is 0 Å². The van der Waals surface area contributed by atoms with E-state index in [1.807, 2.05) is 0 Å². The standard InChI is InChI=1S/In.Mg.H3O4P.5H/c;;1-5(2,3)4;;;;;/h;;(H3,1,2,3,4);;;;;. The third kappa shape index (κ3) is 83.9. The summed E-state index contributed by atoms with van der Waals surface area (Å²) >= 11 is 0. The minimum absolute atomic E-state index is 0. The van der Waals surface area contributed by atoms with Crippen molar-refractivity contribution in [3.05, 3.63) is 0 Å². The molecular weight excluding hydrogens is 234 g/mol. The Morgan fingerprint density at radius 1 is 1.14 bits per heavy atom. The molecule has 7 heavy (non-hydrogen) atoms. The second-order valence-electron chi connectivity index (χ2n) is 0.513. The molecule has 4 nitrogen and oxygen atoms in total. The van der Waals surface area contributed by atoms with Crippen molar-refractivity contribution in [1.29, 1.82) is 0 Å². The monoisotopic (exact) mass is 242 g/mol. The van der Waals surface area contributed by atoms with Crippen LogP contribution in [0, 0.1) is 0 Å². The fourth-order valence-corrected chi connectivity index (χ4v) is 0. The van der Waals surface area contributed by atoms with E-state index in [1.165, 1.54) is 0 Å². The average molecular weight is 242 g/mol. The Balaban J connectivity index is -0.0000000800. The van der Waals surface area contributed by atoms with E-state index in [0.717, 1.165) is 0 Å². The van der Waals surface area contributed by atoms with Crippen LogP contribution in [0.15, 0.2) is 0 Å². The molecule has 3 N–H and O–H groups in total. The first-order valence-corrected chi connectivity index (χ1v) is 2.35. The fraction of sp³-hybridized carbons (Fsp3) is 0. The molecule has 0 aliphatic heterocycles. The van der Waals surface area contributed by atoms with Crippen LogP contribution in [-0.4, -0.2) is 63.6 Å². The summed E-state index contributed by atoms with van der Waals surface area (Å²) in [5.41, 5.74) is 0. The first-order valence-electron chi connectivity index (χ1n) is 0.783. The predicted molar refractivity (Wildman–Crippen MR) is 32.7 cm³/mol. The molecule has 0 spiro atoms. The Morgan fingerprint density at radius 2 is 1.14 bits per heavy atom. The van der Waals surface area contributed by atoms with Crippen LogP contribution in [0.25, 0.3) is 0 Å². The molecule has 0 fully saturated rings. The van der Waals surface area contributed by atoms with E-state index in [2.05, 4.69) is 0 Å². The zero-order valence-electron chi connectivity index (χ0n) is 2.20. The van der Waals surface area contributed by atoms with Gasteiger partial charge in [0.05, 0.1) is 0 Å². The van der Waals surface area contributed by atoms with Gasteiger partial charge >= 0.3 is 56.7 Å². The topological polar surface area (TPSA) is 77.8 Å². The minimum atomic E-state index is -4.64. The normalized spacial score (nSPS) is 8.43. The van der Waals surface area contributed by atoms with Crippen LogP contribution in [-0.2, 0) is 4.57 Å². The Hall–Kier alpha value is 1.75. The van der Waals surface area contributed by atoms with E-state index in [-0.39, 0.29) is 48.9 Å². The maximum Gasteiger partial charge on any atom is 0.316 e. The Kier molecular flexibility index (Phi) is 13.3. The largest absolute Gasteiger partial charge is 0.316 e. The molecule has 0 aromatic carbocycles. The number of hydrogen-bond donors (Lipinski definition) is 3. The molecule has 0 bridgehead atoms. The molecule has 42 valence electrons. The summed E-state index contributed by atoms with van der Waals surface area (Å²) in [5.74, 6) is 0. The number of phosphoric acid groups is 1. The van der Waals surface area contributed by atoms with Gasteiger partial charge in [-0.05, 0) is 0 Å². The molecule has 0 heterocycles. The van der Waals surface area contributed by atoms with Crippen LogP contribution < -0.4 is 0 Å². The summed E-state index contributed by atoms with van der Waals surface area (Å²) in [6.45, 7) is 0. The average Bonchev–Trinajstić information content (AvgIpc) is 0.722. The molecular formula is H8InMgO4P. The fourth-order valence-electron chi connectivity index (χ4n) is 0. The summed E-state index contributed by atoms with van der Waals surface area (Å²) in [7, 11) is -4.64. The van der Waals surface area contributed by atoms with E-state index in [4.69, 9.17) is 19.2 Å². The second kappa shape index (κ2) is 5.88. The van der Waals surface area contributed by atoms with Crippen molar-refractivity contribution in [2.24, 2.45) is 0 Å². The van der Waals surface area contributed by atoms with Gasteiger partial charge in [-0.15, -0.1) is 0 Å². The molecule has 0 amide bonds. The summed E-state index contributed by atoms with van der Waals surface area (Å²) in [6, 6.07) is 0. The summed E-state index contributed by atoms with van der Waals surface area (Å²) in [6.07, 6.45) is 0. The molecule has 0 atom stereocenters. The van der Waals surface area contributed by atoms with Crippen LogP contribution in [0.2, 0.25) is 0 Å². The molecule has 0 radical (unpaired) electrons. The molecule has 0 saturated carbocycles. The first-order chi connectivity index (χ1) is 2.00. The van der Waals surface area contributed by atoms with Gasteiger partial charge in [0.2, 0.25) is 0 Å². The van der Waals surface area contributed by atoms with Gasteiger partial charge in [0.1, 0.15) is 0 Å². The van der Waals surface area contributed by atoms with Crippen molar-refractivity contribution in [2.45, 2.75) is 0 Å². The van der Waals surface area contributed by atoms with Crippen LogP contribution in [0.1, 0.15) is 0 Å². The molecule has 7 heteroatoms. The van der Waals surface area contributed by atoms with Gasteiger partial charge in [0.15, 0.2) is 0 Å². The number of hydrogen-bond acceptors (Lipinski definition) is 1. The van der Waals surface area contributed by atoms with Gasteiger partial charge in [0, 0.05) is 0 Å². The van der Waals surface area contributed by atoms with Crippen molar-refractivity contribution < 1.29 is 19.2 Å². The molecule has 0 unspecified atom stereocenters. The maximum atomic E-state index is 8.88. The van der Waals surface area contributed by atoms with Crippen molar-refractivity contribution in [2.75, 3.05) is 0 Å². The molecule has 0 aliphatic rings. The summed E-state index contributed by atoms with van der Waals surface area (Å²) < 4.78 is 8.88. The van der Waals surface area contributed by atoms with Crippen LogP contribution in [0.3, 0.4) is 0 Å². The van der Waals surface area contributed by atoms with Crippen LogP contribution in [0.5, 0.6) is 0 Å². The van der Waals surface area contributed by atoms with Gasteiger partial charge in [-0.1, -0.05) is 0 Å². The predicted octanol–water partition coefficient (Wildman–Crippen LogP) is -3.03. The molecule has 0 aliphatic carbocycles.